The van der Waals surface area contributed by atoms with Gasteiger partial charge in [-0.3, -0.25) is 4.90 Å². The van der Waals surface area contributed by atoms with Gasteiger partial charge in [-0.2, -0.15) is 0 Å². The van der Waals surface area contributed by atoms with Crippen molar-refractivity contribution in [2.24, 2.45) is 5.73 Å². The van der Waals surface area contributed by atoms with E-state index in [-0.39, 0.29) is 10.8 Å². The second kappa shape index (κ2) is 6.78. The van der Waals surface area contributed by atoms with E-state index in [0.29, 0.717) is 12.1 Å². The van der Waals surface area contributed by atoms with Crippen molar-refractivity contribution < 1.29 is 4.39 Å². The Kier molecular flexibility index (Phi) is 5.04. The molecular weight excluding hydrogens is 283 g/mol. The molecule has 0 radical (unpaired) electrons. The van der Waals surface area contributed by atoms with Gasteiger partial charge in [-0.1, -0.05) is 42.5 Å². The van der Waals surface area contributed by atoms with Crippen LogP contribution in [-0.2, 0) is 13.1 Å². The smallest absolute Gasteiger partial charge is 0.123 e. The van der Waals surface area contributed by atoms with Crippen molar-refractivity contribution in [3.05, 3.63) is 70.5 Å². The average Bonchev–Trinajstić information content (AvgIpc) is 2.43. The maximum absolute atomic E-state index is 13.3. The normalized spacial score (nSPS) is 10.9. The van der Waals surface area contributed by atoms with Crippen LogP contribution in [0.1, 0.15) is 22.3 Å². The van der Waals surface area contributed by atoms with Gasteiger partial charge in [0.25, 0.3) is 0 Å². The van der Waals surface area contributed by atoms with E-state index in [1.807, 2.05) is 19.2 Å². The third-order valence-electron chi connectivity index (χ3n) is 3.48. The Hall–Kier alpha value is -1.78. The lowest BCUT2D eigenvalue weighted by Crippen LogP contribution is -2.21. The number of rotatable bonds is 5. The van der Waals surface area contributed by atoms with Gasteiger partial charge in [0.05, 0.1) is 0 Å². The third-order valence-corrected chi connectivity index (χ3v) is 3.70. The molecule has 0 aromatic heterocycles. The van der Waals surface area contributed by atoms with Crippen LogP contribution >= 0.6 is 12.2 Å². The summed E-state index contributed by atoms with van der Waals surface area (Å²) in [7, 11) is 2.03. The van der Waals surface area contributed by atoms with Gasteiger partial charge in [0, 0.05) is 18.7 Å². The Morgan fingerprint density at radius 2 is 1.81 bits per heavy atom. The zero-order chi connectivity index (χ0) is 15.4. The Bertz CT molecular complexity index is 655. The molecule has 0 saturated heterocycles. The Morgan fingerprint density at radius 3 is 2.48 bits per heavy atom. The van der Waals surface area contributed by atoms with Gasteiger partial charge in [-0.25, -0.2) is 4.39 Å². The molecule has 0 spiro atoms. The minimum absolute atomic E-state index is 0.230. The van der Waals surface area contributed by atoms with Gasteiger partial charge in [-0.05, 0) is 42.8 Å². The third kappa shape index (κ3) is 4.09. The number of hydrogen-bond donors (Lipinski definition) is 1. The highest BCUT2D eigenvalue weighted by atomic mass is 32.1. The first-order valence-electron chi connectivity index (χ1n) is 6.78. The number of hydrogen-bond acceptors (Lipinski definition) is 2. The molecule has 0 aliphatic rings. The number of aryl methyl sites for hydroxylation is 1. The van der Waals surface area contributed by atoms with Crippen molar-refractivity contribution in [3.8, 4) is 0 Å². The molecule has 21 heavy (non-hydrogen) atoms. The highest BCUT2D eigenvalue weighted by Gasteiger charge is 2.10. The van der Waals surface area contributed by atoms with Crippen molar-refractivity contribution in [1.29, 1.82) is 0 Å². The maximum atomic E-state index is 13.3. The van der Waals surface area contributed by atoms with Gasteiger partial charge in [0.1, 0.15) is 10.8 Å². The lowest BCUT2D eigenvalue weighted by Gasteiger charge is -2.20. The highest BCUT2D eigenvalue weighted by Crippen LogP contribution is 2.16. The molecule has 110 valence electrons. The van der Waals surface area contributed by atoms with Gasteiger partial charge in [-0.15, -0.1) is 0 Å². The highest BCUT2D eigenvalue weighted by molar-refractivity contribution is 7.80. The molecule has 2 N–H and O–H groups in total. The van der Waals surface area contributed by atoms with E-state index < -0.39 is 0 Å². The molecule has 0 aliphatic carbocycles. The second-order valence-electron chi connectivity index (χ2n) is 5.26. The lowest BCUT2D eigenvalue weighted by molar-refractivity contribution is 0.318. The number of thiocarbonyl (C=S) groups is 1. The molecular formula is C17H19FN2S. The van der Waals surface area contributed by atoms with Crippen LogP contribution in [0.2, 0.25) is 0 Å². The van der Waals surface area contributed by atoms with Crippen LogP contribution < -0.4 is 5.73 Å². The number of benzene rings is 2. The SMILES string of the molecule is Cc1ccccc1CN(C)Cc1ccc(F)cc1C(N)=S. The Balaban J connectivity index is 2.15. The first-order valence-corrected chi connectivity index (χ1v) is 7.19. The van der Waals surface area contributed by atoms with Crippen molar-refractivity contribution >= 4 is 17.2 Å². The van der Waals surface area contributed by atoms with Crippen LogP contribution in [0.25, 0.3) is 0 Å². The Morgan fingerprint density at radius 1 is 1.14 bits per heavy atom. The van der Waals surface area contributed by atoms with Gasteiger partial charge >= 0.3 is 0 Å². The number of nitrogens with zero attached hydrogens (tertiary/aromatic N) is 1. The van der Waals surface area contributed by atoms with Crippen LogP contribution in [0.4, 0.5) is 4.39 Å². The summed E-state index contributed by atoms with van der Waals surface area (Å²) in [6.07, 6.45) is 0. The summed E-state index contributed by atoms with van der Waals surface area (Å²) >= 11 is 5.01. The molecule has 0 unspecified atom stereocenters. The minimum atomic E-state index is -0.317. The van der Waals surface area contributed by atoms with Crippen molar-refractivity contribution in [1.82, 2.24) is 4.90 Å². The second-order valence-corrected chi connectivity index (χ2v) is 5.70. The fraction of sp³-hybridized carbons (Fsp3) is 0.235. The lowest BCUT2D eigenvalue weighted by atomic mass is 10.1. The largest absolute Gasteiger partial charge is 0.389 e. The summed E-state index contributed by atoms with van der Waals surface area (Å²) in [5.74, 6) is -0.317. The van der Waals surface area contributed by atoms with Crippen LogP contribution in [0.3, 0.4) is 0 Å². The Labute approximate surface area is 130 Å². The summed E-state index contributed by atoms with van der Waals surface area (Å²) in [6, 6.07) is 12.9. The van der Waals surface area contributed by atoms with Crippen molar-refractivity contribution in [3.63, 3.8) is 0 Å². The topological polar surface area (TPSA) is 29.3 Å². The maximum Gasteiger partial charge on any atom is 0.123 e. The van der Waals surface area contributed by atoms with E-state index >= 15 is 0 Å². The zero-order valence-corrected chi connectivity index (χ0v) is 13.1. The fourth-order valence-electron chi connectivity index (χ4n) is 2.34. The summed E-state index contributed by atoms with van der Waals surface area (Å²) in [4.78, 5) is 2.39. The summed E-state index contributed by atoms with van der Waals surface area (Å²) in [5, 5.41) is 0. The molecule has 0 atom stereocenters. The van der Waals surface area contributed by atoms with E-state index in [1.165, 1.54) is 23.3 Å². The molecule has 2 aromatic rings. The summed E-state index contributed by atoms with van der Waals surface area (Å²) in [5.41, 5.74) is 9.78. The van der Waals surface area contributed by atoms with E-state index in [9.17, 15) is 4.39 Å². The molecule has 0 fully saturated rings. The molecule has 0 heterocycles. The van der Waals surface area contributed by atoms with Crippen molar-refractivity contribution in [2.75, 3.05) is 7.05 Å². The van der Waals surface area contributed by atoms with Crippen LogP contribution in [0.15, 0.2) is 42.5 Å². The molecule has 0 aliphatic heterocycles. The summed E-state index contributed by atoms with van der Waals surface area (Å²) in [6.45, 7) is 3.59. The van der Waals surface area contributed by atoms with Gasteiger partial charge in [0.15, 0.2) is 0 Å². The molecule has 0 saturated carbocycles. The molecule has 0 amide bonds. The first kappa shape index (κ1) is 15.6. The summed E-state index contributed by atoms with van der Waals surface area (Å²) < 4.78 is 13.3. The predicted octanol–water partition coefficient (Wildman–Crippen LogP) is 3.40. The number of halogens is 1. The van der Waals surface area contributed by atoms with Crippen LogP contribution in [0, 0.1) is 12.7 Å². The van der Waals surface area contributed by atoms with Crippen LogP contribution in [0.5, 0.6) is 0 Å². The minimum Gasteiger partial charge on any atom is -0.389 e. The van der Waals surface area contributed by atoms with E-state index in [2.05, 4.69) is 24.0 Å². The molecule has 4 heteroatoms. The van der Waals surface area contributed by atoms with Crippen molar-refractivity contribution in [2.45, 2.75) is 20.0 Å². The fourth-order valence-corrected chi connectivity index (χ4v) is 2.53. The molecule has 0 bridgehead atoms. The predicted molar refractivity (Wildman–Crippen MR) is 88.6 cm³/mol. The first-order chi connectivity index (χ1) is 9.97. The van der Waals surface area contributed by atoms with Gasteiger partial charge < -0.3 is 5.73 Å². The zero-order valence-electron chi connectivity index (χ0n) is 12.3. The van der Waals surface area contributed by atoms with E-state index in [0.717, 1.165) is 12.1 Å². The molecule has 2 rings (SSSR count). The standard InChI is InChI=1S/C17H19FN2S/c1-12-5-3-4-6-13(12)10-20(2)11-14-7-8-15(18)9-16(14)17(19)21/h3-9H,10-11H2,1-2H3,(H2,19,21). The van der Waals surface area contributed by atoms with Crippen LogP contribution in [-0.4, -0.2) is 16.9 Å². The average molecular weight is 302 g/mol. The quantitative estimate of drug-likeness (QED) is 0.858. The monoisotopic (exact) mass is 302 g/mol. The van der Waals surface area contributed by atoms with E-state index in [4.69, 9.17) is 18.0 Å². The molecule has 2 aromatic carbocycles. The van der Waals surface area contributed by atoms with E-state index in [1.54, 1.807) is 6.07 Å². The number of nitrogens with two attached hydrogens (primary N) is 1. The van der Waals surface area contributed by atoms with Gasteiger partial charge in [0.2, 0.25) is 0 Å². The molecule has 2 nitrogen and oxygen atoms in total.